The minimum atomic E-state index is -0.492. The molecule has 4 rings (SSSR count). The molecule has 3 aromatic rings. The van der Waals surface area contributed by atoms with Crippen molar-refractivity contribution in [3.8, 4) is 11.1 Å². The molecular formula is C26H27N5O4S2. The SMILES string of the molecule is CCOC(=O)c1c(-c2ccccc2)csc1NC(=O)CSC1=N/C(=C/c2cnn(C)c2C)C(=O)N1CC. The van der Waals surface area contributed by atoms with Gasteiger partial charge in [0.05, 0.1) is 18.6 Å². The maximum Gasteiger partial charge on any atom is 0.341 e. The van der Waals surface area contributed by atoms with Gasteiger partial charge in [0, 0.05) is 35.8 Å². The number of hydrogen-bond donors (Lipinski definition) is 1. The molecule has 0 atom stereocenters. The first-order valence-electron chi connectivity index (χ1n) is 11.7. The Balaban J connectivity index is 1.50. The number of amidine groups is 1. The van der Waals surface area contributed by atoms with Gasteiger partial charge in [-0.15, -0.1) is 11.3 Å². The fraction of sp³-hybridized carbons (Fsp3) is 0.269. The molecule has 0 unspecified atom stereocenters. The third kappa shape index (κ3) is 5.67. The van der Waals surface area contributed by atoms with Crippen LogP contribution in [0.5, 0.6) is 0 Å². The number of aromatic nitrogens is 2. The van der Waals surface area contributed by atoms with Gasteiger partial charge in [0.1, 0.15) is 16.3 Å². The average molecular weight is 538 g/mol. The highest BCUT2D eigenvalue weighted by Gasteiger charge is 2.30. The molecule has 37 heavy (non-hydrogen) atoms. The van der Waals surface area contributed by atoms with E-state index in [1.165, 1.54) is 28.0 Å². The number of likely N-dealkylation sites (N-methyl/N-ethyl adjacent to an activating group) is 1. The summed E-state index contributed by atoms with van der Waals surface area (Å²) in [6.45, 7) is 6.16. The quantitative estimate of drug-likeness (QED) is 0.333. The van der Waals surface area contributed by atoms with Crippen molar-refractivity contribution in [3.63, 3.8) is 0 Å². The molecule has 0 fully saturated rings. The van der Waals surface area contributed by atoms with Gasteiger partial charge in [0.25, 0.3) is 5.91 Å². The van der Waals surface area contributed by atoms with Crippen LogP contribution in [0.2, 0.25) is 0 Å². The second kappa shape index (κ2) is 11.6. The van der Waals surface area contributed by atoms with Gasteiger partial charge >= 0.3 is 5.97 Å². The Hall–Kier alpha value is -3.70. The summed E-state index contributed by atoms with van der Waals surface area (Å²) in [6, 6.07) is 9.47. The van der Waals surface area contributed by atoms with Crippen LogP contribution < -0.4 is 5.32 Å². The van der Waals surface area contributed by atoms with E-state index in [-0.39, 0.29) is 24.2 Å². The predicted octanol–water partition coefficient (Wildman–Crippen LogP) is 4.56. The number of benzene rings is 1. The highest BCUT2D eigenvalue weighted by molar-refractivity contribution is 8.14. The Bertz CT molecular complexity index is 1390. The minimum Gasteiger partial charge on any atom is -0.462 e. The van der Waals surface area contributed by atoms with E-state index in [1.807, 2.05) is 56.6 Å². The van der Waals surface area contributed by atoms with Crippen LogP contribution >= 0.6 is 23.1 Å². The van der Waals surface area contributed by atoms with E-state index in [4.69, 9.17) is 4.74 Å². The number of rotatable bonds is 8. The number of aryl methyl sites for hydroxylation is 1. The zero-order valence-corrected chi connectivity index (χ0v) is 22.6. The Morgan fingerprint density at radius 1 is 1.22 bits per heavy atom. The second-order valence-corrected chi connectivity index (χ2v) is 9.88. The number of thioether (sulfide) groups is 1. The monoisotopic (exact) mass is 537 g/mol. The molecule has 1 aromatic carbocycles. The van der Waals surface area contributed by atoms with Gasteiger partial charge in [0.2, 0.25) is 5.91 Å². The predicted molar refractivity (Wildman–Crippen MR) is 148 cm³/mol. The maximum absolute atomic E-state index is 12.9. The van der Waals surface area contributed by atoms with Crippen molar-refractivity contribution < 1.29 is 19.1 Å². The number of hydrogen-bond acceptors (Lipinski definition) is 8. The topological polar surface area (TPSA) is 106 Å². The summed E-state index contributed by atoms with van der Waals surface area (Å²) in [6.07, 6.45) is 3.40. The van der Waals surface area contributed by atoms with Crippen LogP contribution in [0.3, 0.4) is 0 Å². The number of ether oxygens (including phenoxy) is 1. The van der Waals surface area contributed by atoms with Crippen molar-refractivity contribution >= 4 is 57.1 Å². The molecule has 0 bridgehead atoms. The lowest BCUT2D eigenvalue weighted by molar-refractivity contribution is -0.122. The molecule has 0 radical (unpaired) electrons. The van der Waals surface area contributed by atoms with Gasteiger partial charge in [0.15, 0.2) is 5.17 Å². The van der Waals surface area contributed by atoms with Crippen molar-refractivity contribution in [2.24, 2.45) is 12.0 Å². The van der Waals surface area contributed by atoms with Crippen LogP contribution in [0, 0.1) is 6.92 Å². The van der Waals surface area contributed by atoms with E-state index in [1.54, 1.807) is 23.9 Å². The zero-order chi connectivity index (χ0) is 26.5. The number of carbonyl (C=O) groups is 3. The number of thiophene rings is 1. The number of carbonyl (C=O) groups excluding carboxylic acids is 3. The van der Waals surface area contributed by atoms with Crippen LogP contribution in [0.15, 0.2) is 52.6 Å². The first-order valence-corrected chi connectivity index (χ1v) is 13.6. The number of aliphatic imine (C=N–C) groups is 1. The smallest absolute Gasteiger partial charge is 0.341 e. The standard InChI is InChI=1S/C26H27N5O4S2/c1-5-31-24(33)20(12-18-13-27-30(4)16(18)3)28-26(31)37-15-21(32)29-23-22(25(34)35-6-2)19(14-36-23)17-10-8-7-9-11-17/h7-14H,5-6,15H2,1-4H3,(H,29,32)/b20-12+. The van der Waals surface area contributed by atoms with Crippen LogP contribution in [0.1, 0.15) is 35.5 Å². The fourth-order valence-corrected chi connectivity index (χ4v) is 5.54. The maximum atomic E-state index is 12.9. The van der Waals surface area contributed by atoms with Crippen molar-refractivity contribution in [2.75, 3.05) is 24.2 Å². The molecule has 2 aromatic heterocycles. The first-order chi connectivity index (χ1) is 17.8. The summed E-state index contributed by atoms with van der Waals surface area (Å²) in [7, 11) is 1.83. The Morgan fingerprint density at radius 2 is 1.97 bits per heavy atom. The van der Waals surface area contributed by atoms with Gasteiger partial charge in [-0.2, -0.15) is 5.10 Å². The largest absolute Gasteiger partial charge is 0.462 e. The molecule has 11 heteroatoms. The molecule has 9 nitrogen and oxygen atoms in total. The normalized spacial score (nSPS) is 14.3. The first kappa shape index (κ1) is 26.4. The van der Waals surface area contributed by atoms with E-state index in [0.717, 1.165) is 16.8 Å². The van der Waals surface area contributed by atoms with Gasteiger partial charge in [-0.25, -0.2) is 9.79 Å². The molecule has 192 valence electrons. The van der Waals surface area contributed by atoms with Crippen molar-refractivity contribution in [1.29, 1.82) is 0 Å². The van der Waals surface area contributed by atoms with Crippen LogP contribution in [0.25, 0.3) is 17.2 Å². The lowest BCUT2D eigenvalue weighted by Gasteiger charge is -2.14. The van der Waals surface area contributed by atoms with Crippen molar-refractivity contribution in [1.82, 2.24) is 14.7 Å². The summed E-state index contributed by atoms with van der Waals surface area (Å²) in [5.74, 6) is -1.01. The molecule has 1 aliphatic rings. The number of esters is 1. The van der Waals surface area contributed by atoms with Crippen molar-refractivity contribution in [3.05, 3.63) is 64.4 Å². The number of anilines is 1. The molecule has 0 spiro atoms. The highest BCUT2D eigenvalue weighted by Crippen LogP contribution is 2.36. The van der Waals surface area contributed by atoms with Crippen LogP contribution in [-0.2, 0) is 21.4 Å². The molecule has 0 saturated carbocycles. The molecule has 2 amide bonds. The van der Waals surface area contributed by atoms with Crippen LogP contribution in [0.4, 0.5) is 5.00 Å². The van der Waals surface area contributed by atoms with Gasteiger partial charge < -0.3 is 10.1 Å². The molecule has 1 N–H and O–H groups in total. The second-order valence-electron chi connectivity index (χ2n) is 8.06. The molecular weight excluding hydrogens is 510 g/mol. The number of nitrogens with one attached hydrogen (secondary N) is 1. The Morgan fingerprint density at radius 3 is 2.62 bits per heavy atom. The summed E-state index contributed by atoms with van der Waals surface area (Å²) < 4.78 is 6.99. The highest BCUT2D eigenvalue weighted by atomic mass is 32.2. The Kier molecular flexibility index (Phi) is 8.24. The van der Waals surface area contributed by atoms with E-state index in [2.05, 4.69) is 15.4 Å². The third-order valence-corrected chi connectivity index (χ3v) is 7.61. The van der Waals surface area contributed by atoms with Crippen LogP contribution in [-0.4, -0.2) is 56.5 Å². The zero-order valence-electron chi connectivity index (χ0n) is 21.0. The minimum absolute atomic E-state index is 0.0165. The third-order valence-electron chi connectivity index (χ3n) is 5.73. The summed E-state index contributed by atoms with van der Waals surface area (Å²) >= 11 is 2.44. The van der Waals surface area contributed by atoms with Crippen molar-refractivity contribution in [2.45, 2.75) is 20.8 Å². The van der Waals surface area contributed by atoms with E-state index in [0.29, 0.717) is 33.5 Å². The molecule has 0 saturated heterocycles. The van der Waals surface area contributed by atoms with Gasteiger partial charge in [-0.05, 0) is 32.4 Å². The molecule has 1 aliphatic heterocycles. The summed E-state index contributed by atoms with van der Waals surface area (Å²) in [4.78, 5) is 44.5. The van der Waals surface area contributed by atoms with E-state index < -0.39 is 5.97 Å². The Labute approximate surface area is 223 Å². The molecule has 0 aliphatic carbocycles. The lowest BCUT2D eigenvalue weighted by atomic mass is 10.0. The van der Waals surface area contributed by atoms with Gasteiger partial charge in [-0.3, -0.25) is 19.2 Å². The molecule has 3 heterocycles. The number of nitrogens with zero attached hydrogens (tertiary/aromatic N) is 4. The summed E-state index contributed by atoms with van der Waals surface area (Å²) in [5, 5.41) is 9.76. The van der Waals surface area contributed by atoms with Gasteiger partial charge in [-0.1, -0.05) is 42.1 Å². The number of amides is 2. The average Bonchev–Trinajstić information content (AvgIpc) is 3.55. The summed E-state index contributed by atoms with van der Waals surface area (Å²) in [5.41, 5.74) is 3.93. The fourth-order valence-electron chi connectivity index (χ4n) is 3.70. The van der Waals surface area contributed by atoms with E-state index >= 15 is 0 Å². The lowest BCUT2D eigenvalue weighted by Crippen LogP contribution is -2.31. The van der Waals surface area contributed by atoms with E-state index in [9.17, 15) is 14.4 Å².